The Hall–Kier alpha value is -0.870. The average Bonchev–Trinajstić information content (AvgIpc) is 2.58. The summed E-state index contributed by atoms with van der Waals surface area (Å²) in [5, 5.41) is 8.04. The smallest absolute Gasteiger partial charge is 0.0644 e. The van der Waals surface area contributed by atoms with Crippen LogP contribution >= 0.6 is 0 Å². The molecule has 4 nitrogen and oxygen atoms in total. The fourth-order valence-corrected chi connectivity index (χ4v) is 2.39. The van der Waals surface area contributed by atoms with Crippen LogP contribution in [0.3, 0.4) is 0 Å². The number of ether oxygens (including phenoxy) is 1. The van der Waals surface area contributed by atoms with E-state index in [9.17, 15) is 0 Å². The maximum absolute atomic E-state index is 5.04. The van der Waals surface area contributed by atoms with Gasteiger partial charge in [-0.1, -0.05) is 0 Å². The van der Waals surface area contributed by atoms with Crippen molar-refractivity contribution in [1.29, 1.82) is 0 Å². The van der Waals surface area contributed by atoms with Crippen molar-refractivity contribution in [3.8, 4) is 0 Å². The van der Waals surface area contributed by atoms with E-state index in [1.807, 2.05) is 11.7 Å². The lowest BCUT2D eigenvalue weighted by Crippen LogP contribution is -2.21. The van der Waals surface area contributed by atoms with Crippen molar-refractivity contribution < 1.29 is 4.74 Å². The fraction of sp³-hybridized carbons (Fsp3) is 0.786. The third kappa shape index (κ3) is 4.10. The molecular weight excluding hydrogens is 226 g/mol. The van der Waals surface area contributed by atoms with Gasteiger partial charge in [-0.05, 0) is 46.6 Å². The van der Waals surface area contributed by atoms with E-state index < -0.39 is 0 Å². The second-order valence-corrected chi connectivity index (χ2v) is 4.94. The Balaban J connectivity index is 2.34. The maximum Gasteiger partial charge on any atom is 0.0644 e. The molecule has 0 aromatic carbocycles. The molecule has 0 amide bonds. The highest BCUT2D eigenvalue weighted by atomic mass is 16.5. The Morgan fingerprint density at radius 1 is 1.28 bits per heavy atom. The quantitative estimate of drug-likeness (QED) is 0.724. The van der Waals surface area contributed by atoms with Crippen LogP contribution in [0.25, 0.3) is 0 Å². The first kappa shape index (κ1) is 15.2. The highest BCUT2D eigenvalue weighted by Gasteiger charge is 2.15. The summed E-state index contributed by atoms with van der Waals surface area (Å²) in [6, 6.07) is 0.376. The summed E-state index contributed by atoms with van der Waals surface area (Å²) >= 11 is 0. The van der Waals surface area contributed by atoms with Gasteiger partial charge in [-0.15, -0.1) is 0 Å². The van der Waals surface area contributed by atoms with Crippen molar-refractivity contribution in [2.45, 2.75) is 46.1 Å². The Morgan fingerprint density at radius 2 is 2.00 bits per heavy atom. The summed E-state index contributed by atoms with van der Waals surface area (Å²) < 4.78 is 7.00. The number of aryl methyl sites for hydroxylation is 2. The van der Waals surface area contributed by atoms with E-state index in [2.05, 4.69) is 31.2 Å². The van der Waals surface area contributed by atoms with Crippen LogP contribution in [-0.4, -0.2) is 30.0 Å². The van der Waals surface area contributed by atoms with Gasteiger partial charge < -0.3 is 10.1 Å². The molecule has 104 valence electrons. The van der Waals surface area contributed by atoms with Crippen LogP contribution < -0.4 is 5.32 Å². The molecule has 1 rings (SSSR count). The standard InChI is InChI=1S/C14H27N3O/c1-11(15-9-7-6-8-10-18-5)14-12(2)16-17(4)13(14)3/h11,15H,6-10H2,1-5H3. The zero-order chi connectivity index (χ0) is 13.5. The average molecular weight is 253 g/mol. The zero-order valence-corrected chi connectivity index (χ0v) is 12.4. The Labute approximate surface area is 111 Å². The highest BCUT2D eigenvalue weighted by Crippen LogP contribution is 2.20. The van der Waals surface area contributed by atoms with Gasteiger partial charge in [0.05, 0.1) is 5.69 Å². The first-order valence-corrected chi connectivity index (χ1v) is 6.80. The number of rotatable bonds is 8. The van der Waals surface area contributed by atoms with Crippen molar-refractivity contribution >= 4 is 0 Å². The van der Waals surface area contributed by atoms with E-state index in [1.165, 1.54) is 24.1 Å². The van der Waals surface area contributed by atoms with Crippen molar-refractivity contribution in [2.24, 2.45) is 7.05 Å². The molecule has 4 heteroatoms. The molecule has 1 aromatic heterocycles. The Kier molecular flexibility index (Phi) is 6.36. The molecule has 1 unspecified atom stereocenters. The van der Waals surface area contributed by atoms with E-state index in [4.69, 9.17) is 4.74 Å². The van der Waals surface area contributed by atoms with E-state index >= 15 is 0 Å². The fourth-order valence-electron chi connectivity index (χ4n) is 2.39. The van der Waals surface area contributed by atoms with Gasteiger partial charge in [0, 0.05) is 38.1 Å². The van der Waals surface area contributed by atoms with Crippen molar-refractivity contribution in [2.75, 3.05) is 20.3 Å². The number of nitrogens with one attached hydrogen (secondary N) is 1. The molecule has 1 heterocycles. The number of nitrogens with zero attached hydrogens (tertiary/aromatic N) is 2. The molecule has 0 aliphatic rings. The normalized spacial score (nSPS) is 12.9. The molecular formula is C14H27N3O. The molecule has 0 saturated carbocycles. The summed E-state index contributed by atoms with van der Waals surface area (Å²) in [6.07, 6.45) is 3.57. The highest BCUT2D eigenvalue weighted by molar-refractivity contribution is 5.27. The van der Waals surface area contributed by atoms with Gasteiger partial charge in [0.25, 0.3) is 0 Å². The molecule has 0 spiro atoms. The largest absolute Gasteiger partial charge is 0.385 e. The first-order chi connectivity index (χ1) is 8.57. The van der Waals surface area contributed by atoms with Crippen LogP contribution in [0.1, 0.15) is 49.2 Å². The number of methoxy groups -OCH3 is 1. The Morgan fingerprint density at radius 3 is 2.56 bits per heavy atom. The predicted octanol–water partition coefficient (Wildman–Crippen LogP) is 2.50. The van der Waals surface area contributed by atoms with Crippen LogP contribution in [0.4, 0.5) is 0 Å². The van der Waals surface area contributed by atoms with Crippen molar-refractivity contribution in [3.05, 3.63) is 17.0 Å². The minimum atomic E-state index is 0.376. The maximum atomic E-state index is 5.04. The third-order valence-electron chi connectivity index (χ3n) is 3.47. The van der Waals surface area contributed by atoms with Crippen LogP contribution in [0.5, 0.6) is 0 Å². The molecule has 0 fully saturated rings. The van der Waals surface area contributed by atoms with E-state index in [0.717, 1.165) is 25.3 Å². The zero-order valence-electron chi connectivity index (χ0n) is 12.4. The van der Waals surface area contributed by atoms with E-state index in [-0.39, 0.29) is 0 Å². The van der Waals surface area contributed by atoms with Crippen molar-refractivity contribution in [3.63, 3.8) is 0 Å². The van der Waals surface area contributed by atoms with E-state index in [1.54, 1.807) is 7.11 Å². The molecule has 0 bridgehead atoms. The number of unbranched alkanes of at least 4 members (excludes halogenated alkanes) is 2. The van der Waals surface area contributed by atoms with Gasteiger partial charge in [-0.2, -0.15) is 5.10 Å². The lowest BCUT2D eigenvalue weighted by atomic mass is 10.1. The minimum Gasteiger partial charge on any atom is -0.385 e. The number of hydrogen-bond acceptors (Lipinski definition) is 3. The Bertz CT molecular complexity index is 360. The topological polar surface area (TPSA) is 39.1 Å². The van der Waals surface area contributed by atoms with Crippen LogP contribution in [-0.2, 0) is 11.8 Å². The van der Waals surface area contributed by atoms with Gasteiger partial charge in [-0.3, -0.25) is 4.68 Å². The summed E-state index contributed by atoms with van der Waals surface area (Å²) in [7, 11) is 3.76. The third-order valence-corrected chi connectivity index (χ3v) is 3.47. The second-order valence-electron chi connectivity index (χ2n) is 4.94. The minimum absolute atomic E-state index is 0.376. The summed E-state index contributed by atoms with van der Waals surface area (Å²) in [6.45, 7) is 8.35. The second kappa shape index (κ2) is 7.54. The molecule has 0 radical (unpaired) electrons. The van der Waals surface area contributed by atoms with Gasteiger partial charge >= 0.3 is 0 Å². The number of aromatic nitrogens is 2. The van der Waals surface area contributed by atoms with Crippen LogP contribution in [0.15, 0.2) is 0 Å². The molecule has 1 N–H and O–H groups in total. The lowest BCUT2D eigenvalue weighted by molar-refractivity contribution is 0.192. The molecule has 1 atom stereocenters. The van der Waals surface area contributed by atoms with Crippen LogP contribution in [0.2, 0.25) is 0 Å². The molecule has 0 aliphatic carbocycles. The molecule has 0 aliphatic heterocycles. The molecule has 1 aromatic rings. The van der Waals surface area contributed by atoms with Gasteiger partial charge in [0.15, 0.2) is 0 Å². The predicted molar refractivity (Wildman–Crippen MR) is 74.8 cm³/mol. The monoisotopic (exact) mass is 253 g/mol. The summed E-state index contributed by atoms with van der Waals surface area (Å²) in [4.78, 5) is 0. The lowest BCUT2D eigenvalue weighted by Gasteiger charge is -2.14. The molecule has 0 saturated heterocycles. The van der Waals surface area contributed by atoms with Crippen LogP contribution in [0, 0.1) is 13.8 Å². The van der Waals surface area contributed by atoms with Gasteiger partial charge in [0.1, 0.15) is 0 Å². The summed E-state index contributed by atoms with van der Waals surface area (Å²) in [5.41, 5.74) is 3.73. The van der Waals surface area contributed by atoms with Crippen molar-refractivity contribution in [1.82, 2.24) is 15.1 Å². The van der Waals surface area contributed by atoms with Gasteiger partial charge in [-0.25, -0.2) is 0 Å². The van der Waals surface area contributed by atoms with Gasteiger partial charge in [0.2, 0.25) is 0 Å². The van der Waals surface area contributed by atoms with E-state index in [0.29, 0.717) is 6.04 Å². The summed E-state index contributed by atoms with van der Waals surface area (Å²) in [5.74, 6) is 0. The first-order valence-electron chi connectivity index (χ1n) is 6.80. The SMILES string of the molecule is COCCCCCNC(C)c1c(C)nn(C)c1C. The molecule has 18 heavy (non-hydrogen) atoms. The number of hydrogen-bond donors (Lipinski definition) is 1.